The standard InChI is InChI=1S/C20H31N3O4S/c1-15-6-4-5-11-22(15)14-20(24)21-18-7-9-19(10-8-18)28(25,26)23-12-16(2)27-17(3)13-23/h7-10,15-17H,4-6,11-14H2,1-3H3,(H,21,24). The van der Waals surface area contributed by atoms with Gasteiger partial charge in [0.25, 0.3) is 0 Å². The lowest BCUT2D eigenvalue weighted by Crippen LogP contribution is -2.48. The molecule has 1 aromatic carbocycles. The van der Waals surface area contributed by atoms with Crippen LogP contribution in [0.25, 0.3) is 0 Å². The molecule has 3 rings (SSSR count). The fourth-order valence-electron chi connectivity index (χ4n) is 3.96. The first-order valence-corrected chi connectivity index (χ1v) is 11.5. The van der Waals surface area contributed by atoms with E-state index < -0.39 is 10.0 Å². The number of nitrogens with one attached hydrogen (secondary N) is 1. The maximum atomic E-state index is 12.9. The molecule has 0 spiro atoms. The van der Waals surface area contributed by atoms with Crippen molar-refractivity contribution in [1.29, 1.82) is 0 Å². The summed E-state index contributed by atoms with van der Waals surface area (Å²) < 4.78 is 32.9. The fourth-order valence-corrected chi connectivity index (χ4v) is 5.55. The van der Waals surface area contributed by atoms with Gasteiger partial charge in [0.2, 0.25) is 15.9 Å². The number of likely N-dealkylation sites (tertiary alicyclic amines) is 1. The summed E-state index contributed by atoms with van der Waals surface area (Å²) in [5.41, 5.74) is 0.609. The SMILES string of the molecule is CC1CN(S(=O)(=O)c2ccc(NC(=O)CN3CCCCC3C)cc2)CC(C)O1. The zero-order valence-corrected chi connectivity index (χ0v) is 17.7. The molecule has 1 aromatic rings. The second-order valence-electron chi connectivity index (χ2n) is 7.97. The predicted molar refractivity (Wildman–Crippen MR) is 109 cm³/mol. The number of ether oxygens (including phenoxy) is 1. The third-order valence-corrected chi connectivity index (χ3v) is 7.30. The Morgan fingerprint density at radius 3 is 2.36 bits per heavy atom. The summed E-state index contributed by atoms with van der Waals surface area (Å²) in [6, 6.07) is 6.83. The number of anilines is 1. The molecular weight excluding hydrogens is 378 g/mol. The van der Waals surface area contributed by atoms with Gasteiger partial charge in [-0.15, -0.1) is 0 Å². The van der Waals surface area contributed by atoms with E-state index in [1.54, 1.807) is 24.3 Å². The van der Waals surface area contributed by atoms with Crippen molar-refractivity contribution in [2.24, 2.45) is 0 Å². The summed E-state index contributed by atoms with van der Waals surface area (Å²) in [6.07, 6.45) is 3.21. The number of benzene rings is 1. The molecule has 156 valence electrons. The lowest BCUT2D eigenvalue weighted by atomic mass is 10.0. The highest BCUT2D eigenvalue weighted by Crippen LogP contribution is 2.23. The van der Waals surface area contributed by atoms with Crippen molar-refractivity contribution in [1.82, 2.24) is 9.21 Å². The Kier molecular flexibility index (Phi) is 6.75. The summed E-state index contributed by atoms with van der Waals surface area (Å²) >= 11 is 0. The Bertz CT molecular complexity index is 771. The summed E-state index contributed by atoms with van der Waals surface area (Å²) in [5.74, 6) is -0.0693. The number of carbonyl (C=O) groups is 1. The van der Waals surface area contributed by atoms with Crippen molar-refractivity contribution in [2.75, 3.05) is 31.5 Å². The molecule has 2 aliphatic heterocycles. The van der Waals surface area contributed by atoms with Crippen LogP contribution >= 0.6 is 0 Å². The Morgan fingerprint density at radius 2 is 1.75 bits per heavy atom. The number of amides is 1. The number of carbonyl (C=O) groups excluding carboxylic acids is 1. The van der Waals surface area contributed by atoms with Gasteiger partial charge in [0.05, 0.1) is 23.6 Å². The molecule has 2 fully saturated rings. The molecular formula is C20H31N3O4S. The molecule has 8 heteroatoms. The van der Waals surface area contributed by atoms with Crippen molar-refractivity contribution in [3.63, 3.8) is 0 Å². The number of hydrogen-bond acceptors (Lipinski definition) is 5. The van der Waals surface area contributed by atoms with Gasteiger partial charge >= 0.3 is 0 Å². The minimum Gasteiger partial charge on any atom is -0.373 e. The van der Waals surface area contributed by atoms with Crippen LogP contribution in [-0.2, 0) is 19.6 Å². The maximum absolute atomic E-state index is 12.9. The van der Waals surface area contributed by atoms with Gasteiger partial charge in [0.15, 0.2) is 0 Å². The number of sulfonamides is 1. The van der Waals surface area contributed by atoms with E-state index >= 15 is 0 Å². The van der Waals surface area contributed by atoms with Crippen LogP contribution in [0.4, 0.5) is 5.69 Å². The molecule has 0 radical (unpaired) electrons. The van der Waals surface area contributed by atoms with E-state index in [9.17, 15) is 13.2 Å². The van der Waals surface area contributed by atoms with Gasteiger partial charge in [0, 0.05) is 24.8 Å². The number of rotatable bonds is 5. The average molecular weight is 410 g/mol. The average Bonchev–Trinajstić information content (AvgIpc) is 2.63. The van der Waals surface area contributed by atoms with Gasteiger partial charge in [-0.1, -0.05) is 6.42 Å². The fraction of sp³-hybridized carbons (Fsp3) is 0.650. The van der Waals surface area contributed by atoms with Crippen molar-refractivity contribution in [3.8, 4) is 0 Å². The Balaban J connectivity index is 1.62. The van der Waals surface area contributed by atoms with Gasteiger partial charge in [-0.2, -0.15) is 4.31 Å². The minimum atomic E-state index is -3.57. The first kappa shape index (κ1) is 21.2. The molecule has 2 aliphatic rings. The molecule has 7 nitrogen and oxygen atoms in total. The normalized spacial score (nSPS) is 27.5. The monoisotopic (exact) mass is 409 g/mol. The Morgan fingerprint density at radius 1 is 1.11 bits per heavy atom. The van der Waals surface area contributed by atoms with Crippen molar-refractivity contribution in [2.45, 2.75) is 63.2 Å². The number of hydrogen-bond donors (Lipinski definition) is 1. The summed E-state index contributed by atoms with van der Waals surface area (Å²) in [4.78, 5) is 14.8. The molecule has 0 saturated carbocycles. The summed E-state index contributed by atoms with van der Waals surface area (Å²) in [7, 11) is -3.57. The molecule has 2 saturated heterocycles. The molecule has 0 aromatic heterocycles. The van der Waals surface area contributed by atoms with Crippen LogP contribution in [0.2, 0.25) is 0 Å². The molecule has 2 heterocycles. The highest BCUT2D eigenvalue weighted by atomic mass is 32.2. The number of piperidine rings is 1. The summed E-state index contributed by atoms with van der Waals surface area (Å²) in [5, 5.41) is 2.87. The highest BCUT2D eigenvalue weighted by Gasteiger charge is 2.32. The van der Waals surface area contributed by atoms with E-state index in [-0.39, 0.29) is 23.0 Å². The lowest BCUT2D eigenvalue weighted by molar-refractivity contribution is -0.118. The van der Waals surface area contributed by atoms with E-state index in [2.05, 4.69) is 17.1 Å². The summed E-state index contributed by atoms with van der Waals surface area (Å²) in [6.45, 7) is 7.91. The molecule has 0 bridgehead atoms. The van der Waals surface area contributed by atoms with Crippen LogP contribution in [0.1, 0.15) is 40.0 Å². The maximum Gasteiger partial charge on any atom is 0.243 e. The predicted octanol–water partition coefficient (Wildman–Crippen LogP) is 2.30. The van der Waals surface area contributed by atoms with Crippen LogP contribution in [-0.4, -0.2) is 68.0 Å². The molecule has 1 amide bonds. The smallest absolute Gasteiger partial charge is 0.243 e. The number of morpholine rings is 1. The molecule has 3 unspecified atom stereocenters. The second kappa shape index (κ2) is 8.90. The van der Waals surface area contributed by atoms with Crippen LogP contribution in [0.5, 0.6) is 0 Å². The van der Waals surface area contributed by atoms with E-state index in [1.807, 2.05) is 13.8 Å². The Hall–Kier alpha value is -1.48. The first-order valence-electron chi connectivity index (χ1n) is 10.1. The third kappa shape index (κ3) is 5.11. The van der Waals surface area contributed by atoms with Gasteiger partial charge in [0.1, 0.15) is 0 Å². The van der Waals surface area contributed by atoms with Crippen molar-refractivity contribution in [3.05, 3.63) is 24.3 Å². The molecule has 3 atom stereocenters. The van der Waals surface area contributed by atoms with Crippen LogP contribution in [0.15, 0.2) is 29.2 Å². The Labute approximate surface area is 168 Å². The van der Waals surface area contributed by atoms with Crippen molar-refractivity contribution >= 4 is 21.6 Å². The minimum absolute atomic E-state index is 0.0693. The lowest BCUT2D eigenvalue weighted by Gasteiger charge is -2.34. The molecule has 0 aliphatic carbocycles. The molecule has 1 N–H and O–H groups in total. The van der Waals surface area contributed by atoms with Crippen molar-refractivity contribution < 1.29 is 17.9 Å². The van der Waals surface area contributed by atoms with E-state index in [0.717, 1.165) is 19.4 Å². The number of nitrogens with zero attached hydrogens (tertiary/aromatic N) is 2. The van der Waals surface area contributed by atoms with Crippen LogP contribution in [0.3, 0.4) is 0 Å². The van der Waals surface area contributed by atoms with Gasteiger partial charge < -0.3 is 10.1 Å². The second-order valence-corrected chi connectivity index (χ2v) is 9.91. The van der Waals surface area contributed by atoms with E-state index in [4.69, 9.17) is 4.74 Å². The topological polar surface area (TPSA) is 79.0 Å². The van der Waals surface area contributed by atoms with E-state index in [0.29, 0.717) is 31.4 Å². The van der Waals surface area contributed by atoms with Gasteiger partial charge in [-0.25, -0.2) is 8.42 Å². The zero-order chi connectivity index (χ0) is 20.3. The third-order valence-electron chi connectivity index (χ3n) is 5.45. The largest absolute Gasteiger partial charge is 0.373 e. The quantitative estimate of drug-likeness (QED) is 0.807. The molecule has 28 heavy (non-hydrogen) atoms. The van der Waals surface area contributed by atoms with Gasteiger partial charge in [-0.3, -0.25) is 9.69 Å². The van der Waals surface area contributed by atoms with Crippen LogP contribution in [0, 0.1) is 0 Å². The van der Waals surface area contributed by atoms with E-state index in [1.165, 1.54) is 10.7 Å². The zero-order valence-electron chi connectivity index (χ0n) is 16.9. The highest BCUT2D eigenvalue weighted by molar-refractivity contribution is 7.89. The van der Waals surface area contributed by atoms with Crippen LogP contribution < -0.4 is 5.32 Å². The first-order chi connectivity index (χ1) is 13.3. The van der Waals surface area contributed by atoms with Gasteiger partial charge in [-0.05, 0) is 64.4 Å².